The van der Waals surface area contributed by atoms with Crippen LogP contribution in [0.25, 0.3) is 0 Å². The van der Waals surface area contributed by atoms with E-state index in [1.54, 1.807) is 41.5 Å². The number of carbonyl (C=O) groups is 3. The lowest BCUT2D eigenvalue weighted by Gasteiger charge is -2.23. The average Bonchev–Trinajstić information content (AvgIpc) is 2.61. The number of esters is 1. The zero-order valence-electron chi connectivity index (χ0n) is 21.8. The van der Waals surface area contributed by atoms with Crippen molar-refractivity contribution in [1.29, 1.82) is 0 Å². The van der Waals surface area contributed by atoms with Gasteiger partial charge in [0.25, 0.3) is 0 Å². The summed E-state index contributed by atoms with van der Waals surface area (Å²) in [4.78, 5) is 36.5. The summed E-state index contributed by atoms with van der Waals surface area (Å²) in [5.74, 6) is -0.520. The predicted octanol–water partition coefficient (Wildman–Crippen LogP) is 5.42. The van der Waals surface area contributed by atoms with Crippen LogP contribution in [0.4, 0.5) is 9.59 Å². The standard InChI is InChI=1S/C25H44N2O6/c1-18(2)13-12-14-19(3)17-31-21(28)20(27-23(30)33-25(7,8)9)15-10-11-16-26-22(29)32-24(4,5)6/h14,20H,1,10-13,15-17H2,2-9H3,(H,26,29)(H,27,30)/b19-14+. The first-order chi connectivity index (χ1) is 15.1. The van der Waals surface area contributed by atoms with Crippen molar-refractivity contribution in [2.75, 3.05) is 13.2 Å². The lowest BCUT2D eigenvalue weighted by molar-refractivity contribution is -0.145. The van der Waals surface area contributed by atoms with E-state index in [1.807, 2.05) is 19.9 Å². The Labute approximate surface area is 199 Å². The molecule has 1 atom stereocenters. The topological polar surface area (TPSA) is 103 Å². The van der Waals surface area contributed by atoms with E-state index in [-0.39, 0.29) is 6.61 Å². The maximum absolute atomic E-state index is 12.6. The molecule has 190 valence electrons. The molecule has 0 saturated carbocycles. The van der Waals surface area contributed by atoms with Gasteiger partial charge < -0.3 is 24.8 Å². The molecular formula is C25H44N2O6. The predicted molar refractivity (Wildman–Crippen MR) is 130 cm³/mol. The minimum atomic E-state index is -0.843. The third-order valence-corrected chi connectivity index (χ3v) is 4.07. The third-order valence-electron chi connectivity index (χ3n) is 4.07. The van der Waals surface area contributed by atoms with Crippen LogP contribution < -0.4 is 10.6 Å². The van der Waals surface area contributed by atoms with Crippen LogP contribution in [0, 0.1) is 0 Å². The first kappa shape index (κ1) is 30.5. The summed E-state index contributed by atoms with van der Waals surface area (Å²) < 4.78 is 15.9. The summed E-state index contributed by atoms with van der Waals surface area (Å²) in [5.41, 5.74) is 0.785. The molecule has 0 aromatic heterocycles. The molecule has 33 heavy (non-hydrogen) atoms. The van der Waals surface area contributed by atoms with Crippen LogP contribution in [0.2, 0.25) is 0 Å². The van der Waals surface area contributed by atoms with Gasteiger partial charge in [0, 0.05) is 6.54 Å². The number of nitrogens with one attached hydrogen (secondary N) is 2. The molecule has 0 heterocycles. The molecule has 0 aliphatic heterocycles. The van der Waals surface area contributed by atoms with E-state index in [1.165, 1.54) is 0 Å². The van der Waals surface area contributed by atoms with Crippen molar-refractivity contribution in [3.05, 3.63) is 23.8 Å². The molecule has 0 aliphatic rings. The number of carbonyl (C=O) groups excluding carboxylic acids is 3. The third kappa shape index (κ3) is 18.7. The van der Waals surface area contributed by atoms with E-state index >= 15 is 0 Å². The quantitative estimate of drug-likeness (QED) is 0.172. The van der Waals surface area contributed by atoms with E-state index in [4.69, 9.17) is 14.2 Å². The van der Waals surface area contributed by atoms with Crippen molar-refractivity contribution in [3.63, 3.8) is 0 Å². The number of hydrogen-bond donors (Lipinski definition) is 2. The van der Waals surface area contributed by atoms with Crippen molar-refractivity contribution in [2.45, 2.75) is 105 Å². The molecule has 8 nitrogen and oxygen atoms in total. The van der Waals surface area contributed by atoms with Gasteiger partial charge in [0.05, 0.1) is 0 Å². The molecule has 0 saturated heterocycles. The average molecular weight is 469 g/mol. The summed E-state index contributed by atoms with van der Waals surface area (Å²) in [6.07, 6.45) is 4.11. The number of rotatable bonds is 12. The number of allylic oxidation sites excluding steroid dienone is 2. The van der Waals surface area contributed by atoms with Gasteiger partial charge >= 0.3 is 18.2 Å². The Morgan fingerprint density at radius 2 is 1.52 bits per heavy atom. The van der Waals surface area contributed by atoms with Gasteiger partial charge in [-0.2, -0.15) is 0 Å². The highest BCUT2D eigenvalue weighted by Gasteiger charge is 2.25. The molecule has 0 fully saturated rings. The molecule has 0 spiro atoms. The van der Waals surface area contributed by atoms with Crippen LogP contribution in [0.5, 0.6) is 0 Å². The van der Waals surface area contributed by atoms with Crippen molar-refractivity contribution in [1.82, 2.24) is 10.6 Å². The van der Waals surface area contributed by atoms with E-state index < -0.39 is 35.4 Å². The molecule has 0 rings (SSSR count). The largest absolute Gasteiger partial charge is 0.460 e. The summed E-state index contributed by atoms with van der Waals surface area (Å²) in [6, 6.07) is -0.843. The zero-order chi connectivity index (χ0) is 25.7. The van der Waals surface area contributed by atoms with Crippen LogP contribution in [-0.2, 0) is 19.0 Å². The van der Waals surface area contributed by atoms with E-state index in [2.05, 4.69) is 17.2 Å². The summed E-state index contributed by atoms with van der Waals surface area (Å²) in [7, 11) is 0. The van der Waals surface area contributed by atoms with Crippen LogP contribution in [0.3, 0.4) is 0 Å². The second-order valence-corrected chi connectivity index (χ2v) is 10.3. The number of unbranched alkanes of at least 4 members (excludes halogenated alkanes) is 1. The van der Waals surface area contributed by atoms with Gasteiger partial charge in [-0.1, -0.05) is 11.6 Å². The lowest BCUT2D eigenvalue weighted by Crippen LogP contribution is -2.44. The highest BCUT2D eigenvalue weighted by molar-refractivity contribution is 5.81. The second-order valence-electron chi connectivity index (χ2n) is 10.3. The summed E-state index contributed by atoms with van der Waals surface area (Å²) in [6.45, 7) is 18.9. The van der Waals surface area contributed by atoms with Crippen molar-refractivity contribution < 1.29 is 28.6 Å². The fourth-order valence-corrected chi connectivity index (χ4v) is 2.59. The molecule has 0 aromatic rings. The van der Waals surface area contributed by atoms with Crippen LogP contribution >= 0.6 is 0 Å². The van der Waals surface area contributed by atoms with Gasteiger partial charge in [-0.15, -0.1) is 6.58 Å². The Bertz CT molecular complexity index is 686. The van der Waals surface area contributed by atoms with Gasteiger partial charge in [-0.25, -0.2) is 14.4 Å². The smallest absolute Gasteiger partial charge is 0.408 e. The van der Waals surface area contributed by atoms with Crippen molar-refractivity contribution in [3.8, 4) is 0 Å². The minimum Gasteiger partial charge on any atom is -0.460 e. The molecule has 0 radical (unpaired) electrons. The number of ether oxygens (including phenoxy) is 3. The Balaban J connectivity index is 4.74. The van der Waals surface area contributed by atoms with Crippen LogP contribution in [0.1, 0.15) is 87.5 Å². The van der Waals surface area contributed by atoms with Gasteiger partial charge in [-0.3, -0.25) is 0 Å². The first-order valence-electron chi connectivity index (χ1n) is 11.5. The van der Waals surface area contributed by atoms with Crippen molar-refractivity contribution in [2.24, 2.45) is 0 Å². The van der Waals surface area contributed by atoms with Gasteiger partial charge in [0.1, 0.15) is 23.9 Å². The SMILES string of the molecule is C=C(C)CC/C=C(\C)COC(=O)C(CCCCNC(=O)OC(C)(C)C)NC(=O)OC(C)(C)C. The number of hydrogen-bond acceptors (Lipinski definition) is 6. The fraction of sp³-hybridized carbons (Fsp3) is 0.720. The molecule has 1 unspecified atom stereocenters. The zero-order valence-corrected chi connectivity index (χ0v) is 21.8. The van der Waals surface area contributed by atoms with Crippen LogP contribution in [0.15, 0.2) is 23.8 Å². The molecule has 0 aliphatic carbocycles. The molecular weight excluding hydrogens is 424 g/mol. The Morgan fingerprint density at radius 1 is 0.939 bits per heavy atom. The highest BCUT2D eigenvalue weighted by Crippen LogP contribution is 2.11. The number of amides is 2. The second kappa shape index (κ2) is 14.6. The maximum Gasteiger partial charge on any atom is 0.408 e. The molecule has 8 heteroatoms. The normalized spacial score (nSPS) is 13.0. The van der Waals surface area contributed by atoms with E-state index in [0.717, 1.165) is 24.0 Å². The minimum absolute atomic E-state index is 0.154. The van der Waals surface area contributed by atoms with Gasteiger partial charge in [0.15, 0.2) is 0 Å². The van der Waals surface area contributed by atoms with Gasteiger partial charge in [0.2, 0.25) is 0 Å². The lowest BCUT2D eigenvalue weighted by atomic mass is 10.1. The van der Waals surface area contributed by atoms with Crippen LogP contribution in [-0.4, -0.2) is 48.6 Å². The fourth-order valence-electron chi connectivity index (χ4n) is 2.59. The Hall–Kier alpha value is -2.51. The van der Waals surface area contributed by atoms with E-state index in [0.29, 0.717) is 25.8 Å². The Kier molecular flexibility index (Phi) is 13.5. The Morgan fingerprint density at radius 3 is 2.06 bits per heavy atom. The summed E-state index contributed by atoms with van der Waals surface area (Å²) >= 11 is 0. The van der Waals surface area contributed by atoms with E-state index in [9.17, 15) is 14.4 Å². The maximum atomic E-state index is 12.6. The van der Waals surface area contributed by atoms with Crippen molar-refractivity contribution >= 4 is 18.2 Å². The van der Waals surface area contributed by atoms with Gasteiger partial charge in [-0.05, 0) is 93.1 Å². The first-order valence-corrected chi connectivity index (χ1v) is 11.5. The molecule has 0 aromatic carbocycles. The monoisotopic (exact) mass is 468 g/mol. The number of alkyl carbamates (subject to hydrolysis) is 2. The molecule has 2 amide bonds. The molecule has 2 N–H and O–H groups in total. The molecule has 0 bridgehead atoms. The summed E-state index contributed by atoms with van der Waals surface area (Å²) in [5, 5.41) is 5.29. The highest BCUT2D eigenvalue weighted by atomic mass is 16.6.